The molecule has 1 saturated carbocycles. The highest BCUT2D eigenvalue weighted by Gasteiger charge is 2.31. The molecule has 1 fully saturated rings. The molecule has 10 nitrogen and oxygen atoms in total. The van der Waals surface area contributed by atoms with Crippen LogP contribution in [-0.4, -0.2) is 47.3 Å². The van der Waals surface area contributed by atoms with E-state index in [2.05, 4.69) is 37.2 Å². The Labute approximate surface area is 219 Å². The Kier molecular flexibility index (Phi) is 7.31. The van der Waals surface area contributed by atoms with Gasteiger partial charge in [-0.2, -0.15) is 0 Å². The average Bonchev–Trinajstić information content (AvgIpc) is 3.77. The van der Waals surface area contributed by atoms with Gasteiger partial charge in [0.15, 0.2) is 17.3 Å². The first kappa shape index (κ1) is 25.1. The minimum absolute atomic E-state index is 0.0957. The fraction of sp³-hybridized carbons (Fsp3) is 0.423. The zero-order chi connectivity index (χ0) is 25.9. The summed E-state index contributed by atoms with van der Waals surface area (Å²) in [6.07, 6.45) is 7.88. The molecule has 4 aromatic heterocycles. The lowest BCUT2D eigenvalue weighted by Crippen LogP contribution is -2.28. The molecular weight excluding hydrogens is 488 g/mol. The second-order valence-corrected chi connectivity index (χ2v) is 10.3. The van der Waals surface area contributed by atoms with Crippen molar-refractivity contribution >= 4 is 28.7 Å². The van der Waals surface area contributed by atoms with Crippen LogP contribution in [0.3, 0.4) is 0 Å². The van der Waals surface area contributed by atoms with E-state index in [1.165, 1.54) is 6.33 Å². The summed E-state index contributed by atoms with van der Waals surface area (Å²) in [7, 11) is 1.57. The average molecular weight is 519 g/mol. The molecule has 0 unspecified atom stereocenters. The Bertz CT molecular complexity index is 1470. The third-order valence-electron chi connectivity index (χ3n) is 6.43. The standard InChI is InChI=1S/C26H30N8O2S/c1-5-15(3)34-24-19(32-23(26(34)35)28-11-17-9-10-18(12-27-17)37-6-2)13-29-22(33-24)20-21(16-7-8-16)30-14-31-25(20)36-4/h9-10,12-16H,5-8,11H2,1-4H3,(H,28,32)/t15-/m1/s1. The molecule has 0 bridgehead atoms. The molecule has 0 saturated heterocycles. The lowest BCUT2D eigenvalue weighted by Gasteiger charge is -2.18. The van der Waals surface area contributed by atoms with E-state index < -0.39 is 0 Å². The lowest BCUT2D eigenvalue weighted by atomic mass is 10.1. The number of anilines is 1. The van der Waals surface area contributed by atoms with Gasteiger partial charge < -0.3 is 10.1 Å². The van der Waals surface area contributed by atoms with Crippen molar-refractivity contribution in [2.75, 3.05) is 18.2 Å². The van der Waals surface area contributed by atoms with Crippen LogP contribution in [-0.2, 0) is 6.54 Å². The van der Waals surface area contributed by atoms with Crippen LogP contribution in [0, 0.1) is 0 Å². The van der Waals surface area contributed by atoms with Crippen LogP contribution in [0.4, 0.5) is 5.82 Å². The fourth-order valence-corrected chi connectivity index (χ4v) is 4.81. The summed E-state index contributed by atoms with van der Waals surface area (Å²) < 4.78 is 7.23. The molecular formula is C26H30N8O2S. The number of hydrogen-bond donors (Lipinski definition) is 1. The van der Waals surface area contributed by atoms with Crippen molar-refractivity contribution in [2.24, 2.45) is 0 Å². The van der Waals surface area contributed by atoms with Crippen LogP contribution in [0.5, 0.6) is 5.88 Å². The second-order valence-electron chi connectivity index (χ2n) is 8.98. The van der Waals surface area contributed by atoms with Crippen molar-refractivity contribution in [3.63, 3.8) is 0 Å². The Morgan fingerprint density at radius 1 is 1.14 bits per heavy atom. The highest BCUT2D eigenvalue weighted by atomic mass is 32.2. The third kappa shape index (κ3) is 5.13. The van der Waals surface area contributed by atoms with Gasteiger partial charge in [0.2, 0.25) is 5.88 Å². The molecule has 0 aromatic carbocycles. The fourth-order valence-electron chi connectivity index (χ4n) is 4.18. The molecule has 1 aliphatic carbocycles. The molecule has 0 amide bonds. The Morgan fingerprint density at radius 3 is 2.65 bits per heavy atom. The van der Waals surface area contributed by atoms with Crippen molar-refractivity contribution in [3.05, 3.63) is 52.6 Å². The predicted molar refractivity (Wildman–Crippen MR) is 144 cm³/mol. The summed E-state index contributed by atoms with van der Waals surface area (Å²) in [5.41, 5.74) is 3.15. The van der Waals surface area contributed by atoms with E-state index in [0.717, 1.165) is 41.3 Å². The van der Waals surface area contributed by atoms with Gasteiger partial charge in [-0.25, -0.2) is 24.9 Å². The summed E-state index contributed by atoms with van der Waals surface area (Å²) in [5.74, 6) is 2.44. The maximum atomic E-state index is 13.6. The van der Waals surface area contributed by atoms with Crippen molar-refractivity contribution in [2.45, 2.75) is 63.4 Å². The molecule has 4 heterocycles. The van der Waals surface area contributed by atoms with E-state index in [-0.39, 0.29) is 17.4 Å². The lowest BCUT2D eigenvalue weighted by molar-refractivity contribution is 0.397. The van der Waals surface area contributed by atoms with E-state index in [9.17, 15) is 4.79 Å². The van der Waals surface area contributed by atoms with E-state index in [4.69, 9.17) is 9.72 Å². The summed E-state index contributed by atoms with van der Waals surface area (Å²) in [4.78, 5) is 42.0. The zero-order valence-corrected chi connectivity index (χ0v) is 22.2. The van der Waals surface area contributed by atoms with Crippen molar-refractivity contribution in [1.29, 1.82) is 0 Å². The minimum Gasteiger partial charge on any atom is -0.480 e. The normalized spacial score (nSPS) is 14.1. The van der Waals surface area contributed by atoms with Gasteiger partial charge in [-0.05, 0) is 44.1 Å². The van der Waals surface area contributed by atoms with Gasteiger partial charge >= 0.3 is 0 Å². The number of ether oxygens (including phenoxy) is 1. The number of thioether (sulfide) groups is 1. The summed E-state index contributed by atoms with van der Waals surface area (Å²) in [6, 6.07) is 3.90. The topological polar surface area (TPSA) is 121 Å². The van der Waals surface area contributed by atoms with Crippen molar-refractivity contribution in [1.82, 2.24) is 34.5 Å². The van der Waals surface area contributed by atoms with Crippen LogP contribution < -0.4 is 15.6 Å². The molecule has 1 atom stereocenters. The minimum atomic E-state index is -0.233. The Balaban J connectivity index is 1.55. The molecule has 4 aromatic rings. The first-order chi connectivity index (χ1) is 18.0. The molecule has 5 rings (SSSR count). The molecule has 11 heteroatoms. The monoisotopic (exact) mass is 518 g/mol. The van der Waals surface area contributed by atoms with Crippen LogP contribution in [0.2, 0.25) is 0 Å². The van der Waals surface area contributed by atoms with Gasteiger partial charge in [-0.15, -0.1) is 11.8 Å². The molecule has 37 heavy (non-hydrogen) atoms. The number of fused-ring (bicyclic) bond motifs is 1. The van der Waals surface area contributed by atoms with Crippen LogP contribution in [0.15, 0.2) is 40.5 Å². The number of aromatic nitrogens is 7. The molecule has 1 aliphatic rings. The number of pyridine rings is 1. The highest BCUT2D eigenvalue weighted by Crippen LogP contribution is 2.44. The van der Waals surface area contributed by atoms with Crippen molar-refractivity contribution in [3.8, 4) is 17.3 Å². The molecule has 0 spiro atoms. The number of nitrogens with zero attached hydrogens (tertiary/aromatic N) is 7. The maximum absolute atomic E-state index is 13.6. The highest BCUT2D eigenvalue weighted by molar-refractivity contribution is 7.99. The summed E-state index contributed by atoms with van der Waals surface area (Å²) in [6.45, 7) is 6.53. The predicted octanol–water partition coefficient (Wildman–Crippen LogP) is 4.62. The summed E-state index contributed by atoms with van der Waals surface area (Å²) >= 11 is 1.74. The SMILES string of the molecule is CCSc1ccc(CNc2nc3cnc(-c4c(OC)ncnc4C4CC4)nc3n([C@H](C)CC)c2=O)nc1. The Morgan fingerprint density at radius 2 is 1.97 bits per heavy atom. The van der Waals surface area contributed by atoms with Gasteiger partial charge in [0, 0.05) is 23.1 Å². The van der Waals surface area contributed by atoms with Gasteiger partial charge in [0.1, 0.15) is 17.4 Å². The van der Waals surface area contributed by atoms with Gasteiger partial charge in [0.05, 0.1) is 31.2 Å². The van der Waals surface area contributed by atoms with E-state index in [0.29, 0.717) is 40.9 Å². The van der Waals surface area contributed by atoms with Crippen LogP contribution >= 0.6 is 11.8 Å². The van der Waals surface area contributed by atoms with E-state index in [1.54, 1.807) is 29.6 Å². The second kappa shape index (κ2) is 10.8. The molecule has 0 radical (unpaired) electrons. The van der Waals surface area contributed by atoms with Crippen LogP contribution in [0.1, 0.15) is 63.4 Å². The number of rotatable bonds is 10. The largest absolute Gasteiger partial charge is 0.480 e. The van der Waals surface area contributed by atoms with E-state index >= 15 is 0 Å². The molecule has 1 N–H and O–H groups in total. The first-order valence-corrected chi connectivity index (χ1v) is 13.5. The number of nitrogens with one attached hydrogen (secondary N) is 1. The third-order valence-corrected chi connectivity index (χ3v) is 7.30. The molecule has 192 valence electrons. The van der Waals surface area contributed by atoms with Gasteiger partial charge in [-0.3, -0.25) is 14.3 Å². The van der Waals surface area contributed by atoms with Gasteiger partial charge in [-0.1, -0.05) is 13.8 Å². The summed E-state index contributed by atoms with van der Waals surface area (Å²) in [5, 5.41) is 3.18. The Hall–Kier alpha value is -3.60. The van der Waals surface area contributed by atoms with E-state index in [1.807, 2.05) is 32.2 Å². The van der Waals surface area contributed by atoms with Gasteiger partial charge in [0.25, 0.3) is 5.56 Å². The smallest absolute Gasteiger partial charge is 0.295 e. The quantitative estimate of drug-likeness (QED) is 0.298. The number of hydrogen-bond acceptors (Lipinski definition) is 10. The zero-order valence-electron chi connectivity index (χ0n) is 21.4. The first-order valence-electron chi connectivity index (χ1n) is 12.5. The van der Waals surface area contributed by atoms with Crippen molar-refractivity contribution < 1.29 is 4.74 Å². The number of methoxy groups -OCH3 is 1. The van der Waals surface area contributed by atoms with Crippen LogP contribution in [0.25, 0.3) is 22.6 Å². The molecule has 0 aliphatic heterocycles. The maximum Gasteiger partial charge on any atom is 0.295 e.